The quantitative estimate of drug-likeness (QED) is 0.787. The Bertz CT molecular complexity index is 342. The number of ether oxygens (including phenoxy) is 1. The van der Waals surface area contributed by atoms with Crippen LogP contribution in [0.25, 0.3) is 0 Å². The lowest BCUT2D eigenvalue weighted by molar-refractivity contribution is -0.597. The molecule has 0 saturated carbocycles. The van der Waals surface area contributed by atoms with E-state index in [2.05, 4.69) is 0 Å². The number of carbonyl (C=O) groups is 1. The Kier molecular flexibility index (Phi) is 7.33. The third-order valence-electron chi connectivity index (χ3n) is 1.50. The summed E-state index contributed by atoms with van der Waals surface area (Å²) in [5.41, 5.74) is 0.839. The molecule has 0 bridgehead atoms. The minimum atomic E-state index is -1.25. The molecule has 0 aliphatic rings. The Morgan fingerprint density at radius 1 is 1.50 bits per heavy atom. The van der Waals surface area contributed by atoms with E-state index in [0.29, 0.717) is 10.8 Å². The Hall–Kier alpha value is -1.26. The zero-order chi connectivity index (χ0) is 12.6. The molecule has 0 aromatic heterocycles. The van der Waals surface area contributed by atoms with Gasteiger partial charge in [0.2, 0.25) is 0 Å². The first-order chi connectivity index (χ1) is 7.51. The van der Waals surface area contributed by atoms with Gasteiger partial charge in [-0.2, -0.15) is 0 Å². The van der Waals surface area contributed by atoms with Gasteiger partial charge in [0, 0.05) is 5.02 Å². The van der Waals surface area contributed by atoms with Gasteiger partial charge < -0.3 is 20.0 Å². The average molecular weight is 246 g/mol. The summed E-state index contributed by atoms with van der Waals surface area (Å²) < 4.78 is 4.93. The van der Waals surface area contributed by atoms with Crippen LogP contribution >= 0.6 is 11.6 Å². The van der Waals surface area contributed by atoms with Crippen molar-refractivity contribution in [2.45, 2.75) is 6.92 Å². The van der Waals surface area contributed by atoms with Crippen molar-refractivity contribution in [2.75, 3.05) is 20.7 Å². The lowest BCUT2D eigenvalue weighted by atomic mass is 10.2. The van der Waals surface area contributed by atoms with Gasteiger partial charge in [-0.15, -0.1) is 0 Å². The van der Waals surface area contributed by atoms with Gasteiger partial charge in [-0.25, -0.2) is 0 Å². The number of benzene rings is 1. The number of nitrogens with two attached hydrogens (primary N) is 1. The van der Waals surface area contributed by atoms with Crippen LogP contribution in [0.15, 0.2) is 18.2 Å². The van der Waals surface area contributed by atoms with Crippen molar-refractivity contribution < 1.29 is 20.0 Å². The zero-order valence-corrected chi connectivity index (χ0v) is 10.4. The number of aryl methyl sites for hydroxylation is 1. The number of hydrogen-bond donors (Lipinski definition) is 1. The van der Waals surface area contributed by atoms with Crippen molar-refractivity contribution >= 4 is 17.6 Å². The Morgan fingerprint density at radius 3 is 2.56 bits per heavy atom. The lowest BCUT2D eigenvalue weighted by Gasteiger charge is -2.09. The van der Waals surface area contributed by atoms with Gasteiger partial charge in [-0.3, -0.25) is 0 Å². The van der Waals surface area contributed by atoms with Crippen LogP contribution in [-0.4, -0.2) is 26.7 Å². The lowest BCUT2D eigenvalue weighted by Crippen LogP contribution is -2.74. The van der Waals surface area contributed by atoms with Crippen LogP contribution in [0, 0.1) is 6.92 Å². The predicted octanol–water partition coefficient (Wildman–Crippen LogP) is -0.413. The average Bonchev–Trinajstić information content (AvgIpc) is 2.20. The molecular formula is C11H16ClNO3. The van der Waals surface area contributed by atoms with Crippen LogP contribution in [0.5, 0.6) is 5.75 Å². The van der Waals surface area contributed by atoms with Crippen LogP contribution in [-0.2, 0) is 4.79 Å². The number of carboxylic acid groups (broad SMARTS) is 1. The maximum Gasteiger partial charge on any atom is 0.128 e. The Labute approximate surface area is 100 Å². The number of carbonyl (C=O) groups excluding carboxylic acids is 1. The summed E-state index contributed by atoms with van der Waals surface area (Å²) in [4.78, 5) is 10.1. The summed E-state index contributed by atoms with van der Waals surface area (Å²) in [5.74, 6) is -0.781. The normalized spacial score (nSPS) is 9.00. The second-order valence-corrected chi connectivity index (χ2v) is 3.58. The first-order valence-electron chi connectivity index (χ1n) is 4.84. The molecule has 0 unspecified atom stereocenters. The smallest absolute Gasteiger partial charge is 0.128 e. The van der Waals surface area contributed by atoms with E-state index in [1.807, 2.05) is 19.4 Å². The molecule has 90 valence electrons. The summed E-state index contributed by atoms with van der Waals surface area (Å²) >= 11 is 5.69. The molecule has 4 nitrogen and oxygen atoms in total. The van der Waals surface area contributed by atoms with Crippen molar-refractivity contribution in [1.82, 2.24) is 0 Å². The summed E-state index contributed by atoms with van der Waals surface area (Å²) in [6.07, 6.45) is 0. The molecule has 0 fully saturated rings. The van der Waals surface area contributed by atoms with E-state index < -0.39 is 12.6 Å². The number of quaternary nitrogens is 1. The highest BCUT2D eigenvalue weighted by molar-refractivity contribution is 6.30. The Balaban J connectivity index is 0.000000673. The van der Waals surface area contributed by atoms with Crippen LogP contribution in [0.1, 0.15) is 5.56 Å². The van der Waals surface area contributed by atoms with Crippen LogP contribution < -0.4 is 15.2 Å². The molecule has 1 aromatic carbocycles. The number of aliphatic carboxylic acids is 1. The van der Waals surface area contributed by atoms with Crippen molar-refractivity contribution in [2.24, 2.45) is 0 Å². The van der Waals surface area contributed by atoms with Crippen LogP contribution in [0.2, 0.25) is 5.02 Å². The Morgan fingerprint density at radius 2 is 2.06 bits per heavy atom. The molecule has 0 aliphatic heterocycles. The summed E-state index contributed by atoms with van der Waals surface area (Å²) in [6, 6.07) is 5.04. The van der Waals surface area contributed by atoms with E-state index in [1.165, 1.54) is 0 Å². The van der Waals surface area contributed by atoms with Crippen molar-refractivity contribution in [3.8, 4) is 5.75 Å². The minimum absolute atomic E-state index is 0.457. The van der Waals surface area contributed by atoms with Crippen LogP contribution in [0.3, 0.4) is 0 Å². The molecule has 0 amide bonds. The fourth-order valence-electron chi connectivity index (χ4n) is 0.866. The second-order valence-electron chi connectivity index (χ2n) is 3.15. The molecule has 0 saturated heterocycles. The number of halogens is 1. The maximum atomic E-state index is 10.1. The maximum absolute atomic E-state index is 10.1. The SMILES string of the molecule is C[NH2+]C.Cc1ccc(Cl)cc1OCC(=O)[O-]. The molecule has 0 radical (unpaired) electrons. The third kappa shape index (κ3) is 6.27. The summed E-state index contributed by atoms with van der Waals surface area (Å²) in [6.45, 7) is 1.35. The first-order valence-corrected chi connectivity index (χ1v) is 5.21. The predicted molar refractivity (Wildman–Crippen MR) is 60.5 cm³/mol. The highest BCUT2D eigenvalue weighted by atomic mass is 35.5. The fourth-order valence-corrected chi connectivity index (χ4v) is 1.03. The highest BCUT2D eigenvalue weighted by Gasteiger charge is 1.99. The first kappa shape index (κ1) is 14.7. The molecule has 1 aromatic rings. The van der Waals surface area contributed by atoms with Crippen molar-refractivity contribution in [1.29, 1.82) is 0 Å². The number of hydrogen-bond acceptors (Lipinski definition) is 3. The molecular weight excluding hydrogens is 230 g/mol. The molecule has 5 heteroatoms. The molecule has 0 aliphatic carbocycles. The molecule has 2 N–H and O–H groups in total. The third-order valence-corrected chi connectivity index (χ3v) is 1.73. The van der Waals surface area contributed by atoms with E-state index in [9.17, 15) is 9.90 Å². The van der Waals surface area contributed by atoms with Gasteiger partial charge in [0.25, 0.3) is 0 Å². The van der Waals surface area contributed by atoms with E-state index in [0.717, 1.165) is 5.56 Å². The van der Waals surface area contributed by atoms with Gasteiger partial charge >= 0.3 is 0 Å². The minimum Gasteiger partial charge on any atom is -0.546 e. The van der Waals surface area contributed by atoms with Gasteiger partial charge in [-0.05, 0) is 24.6 Å². The summed E-state index contributed by atoms with van der Waals surface area (Å²) in [5, 5.41) is 12.6. The van der Waals surface area contributed by atoms with Crippen molar-refractivity contribution in [3.63, 3.8) is 0 Å². The second kappa shape index (κ2) is 7.96. The molecule has 0 spiro atoms. The topological polar surface area (TPSA) is 66.0 Å². The zero-order valence-electron chi connectivity index (χ0n) is 9.62. The van der Waals surface area contributed by atoms with Gasteiger partial charge in [-0.1, -0.05) is 17.7 Å². The fraction of sp³-hybridized carbons (Fsp3) is 0.364. The van der Waals surface area contributed by atoms with E-state index >= 15 is 0 Å². The standard InChI is InChI=1S/C9H9ClO3.C2H7N/c1-6-2-3-7(10)4-8(6)13-5-9(11)12;1-3-2/h2-4H,5H2,1H3,(H,11,12);3H,1-2H3. The highest BCUT2D eigenvalue weighted by Crippen LogP contribution is 2.22. The van der Waals surface area contributed by atoms with E-state index in [1.54, 1.807) is 25.1 Å². The van der Waals surface area contributed by atoms with Gasteiger partial charge in [0.05, 0.1) is 20.1 Å². The van der Waals surface area contributed by atoms with Gasteiger partial charge in [0.1, 0.15) is 12.4 Å². The van der Waals surface area contributed by atoms with Crippen LogP contribution in [0.4, 0.5) is 0 Å². The molecule has 0 heterocycles. The van der Waals surface area contributed by atoms with E-state index in [-0.39, 0.29) is 0 Å². The largest absolute Gasteiger partial charge is 0.546 e. The summed E-state index contributed by atoms with van der Waals surface area (Å²) in [7, 11) is 4.00. The molecule has 0 atom stereocenters. The molecule has 16 heavy (non-hydrogen) atoms. The molecule has 1 rings (SSSR count). The van der Waals surface area contributed by atoms with E-state index in [4.69, 9.17) is 16.3 Å². The number of carboxylic acids is 1. The van der Waals surface area contributed by atoms with Gasteiger partial charge in [0.15, 0.2) is 0 Å². The monoisotopic (exact) mass is 245 g/mol. The van der Waals surface area contributed by atoms with Crippen molar-refractivity contribution in [3.05, 3.63) is 28.8 Å². The number of rotatable bonds is 3.